The third-order valence-corrected chi connectivity index (χ3v) is 10.6. The summed E-state index contributed by atoms with van der Waals surface area (Å²) in [5.41, 5.74) is 3.95. The lowest BCUT2D eigenvalue weighted by Gasteiger charge is -2.44. The van der Waals surface area contributed by atoms with Crippen LogP contribution in [0.25, 0.3) is 0 Å². The summed E-state index contributed by atoms with van der Waals surface area (Å²) in [6.07, 6.45) is 5.91. The van der Waals surface area contributed by atoms with Crippen LogP contribution in [0.2, 0.25) is 5.02 Å². The Bertz CT molecular complexity index is 1240. The molecule has 7 nitrogen and oxygen atoms in total. The van der Waals surface area contributed by atoms with Crippen LogP contribution in [0.1, 0.15) is 54.9 Å². The molecule has 40 heavy (non-hydrogen) atoms. The lowest BCUT2D eigenvalue weighted by Crippen LogP contribution is -2.53. The van der Waals surface area contributed by atoms with Crippen molar-refractivity contribution >= 4 is 28.9 Å². The van der Waals surface area contributed by atoms with E-state index in [2.05, 4.69) is 45.1 Å². The molecule has 6 rings (SSSR count). The molecule has 4 fully saturated rings. The zero-order valence-corrected chi connectivity index (χ0v) is 24.4. The normalized spacial score (nSPS) is 23.9. The second kappa shape index (κ2) is 11.6. The second-order valence-electron chi connectivity index (χ2n) is 12.1. The largest absolute Gasteiger partial charge is 0.371 e. The van der Waals surface area contributed by atoms with Crippen molar-refractivity contribution in [2.45, 2.75) is 51.1 Å². The summed E-state index contributed by atoms with van der Waals surface area (Å²) in [4.78, 5) is 22.8. The molecule has 0 saturated carbocycles. The van der Waals surface area contributed by atoms with E-state index in [9.17, 15) is 10.1 Å². The van der Waals surface area contributed by atoms with Crippen LogP contribution in [0.3, 0.4) is 0 Å². The summed E-state index contributed by atoms with van der Waals surface area (Å²) < 4.78 is 0. The van der Waals surface area contributed by atoms with Gasteiger partial charge >= 0.3 is 0 Å². The minimum atomic E-state index is 0.164. The van der Waals surface area contributed by atoms with E-state index in [4.69, 9.17) is 11.6 Å². The zero-order chi connectivity index (χ0) is 27.7. The molecule has 0 radical (unpaired) electrons. The quantitative estimate of drug-likeness (QED) is 0.589. The van der Waals surface area contributed by atoms with Crippen LogP contribution in [0.15, 0.2) is 42.5 Å². The van der Waals surface area contributed by atoms with Gasteiger partial charge < -0.3 is 20.0 Å². The third kappa shape index (κ3) is 5.30. The number of halogens is 1. The molecule has 4 aliphatic heterocycles. The average molecular weight is 561 g/mol. The van der Waals surface area contributed by atoms with Crippen molar-refractivity contribution in [3.8, 4) is 6.07 Å². The number of piperidine rings is 2. The van der Waals surface area contributed by atoms with Gasteiger partial charge in [0.25, 0.3) is 5.91 Å². The van der Waals surface area contributed by atoms with E-state index >= 15 is 0 Å². The van der Waals surface area contributed by atoms with Crippen molar-refractivity contribution in [2.24, 2.45) is 5.41 Å². The van der Waals surface area contributed by atoms with E-state index in [1.807, 2.05) is 35.2 Å². The molecule has 1 amide bonds. The zero-order valence-electron chi connectivity index (χ0n) is 23.6. The number of hydrogen-bond acceptors (Lipinski definition) is 6. The smallest absolute Gasteiger partial charge is 0.253 e. The predicted molar refractivity (Wildman–Crippen MR) is 161 cm³/mol. The number of piperazine rings is 1. The van der Waals surface area contributed by atoms with E-state index in [1.54, 1.807) is 0 Å². The van der Waals surface area contributed by atoms with Crippen molar-refractivity contribution in [3.63, 3.8) is 0 Å². The molecule has 1 unspecified atom stereocenters. The molecule has 212 valence electrons. The van der Waals surface area contributed by atoms with Crippen LogP contribution in [0.5, 0.6) is 0 Å². The van der Waals surface area contributed by atoms with Gasteiger partial charge in [0.1, 0.15) is 6.07 Å². The maximum Gasteiger partial charge on any atom is 0.253 e. The summed E-state index contributed by atoms with van der Waals surface area (Å²) >= 11 is 6.35. The highest BCUT2D eigenvalue weighted by atomic mass is 35.5. The van der Waals surface area contributed by atoms with E-state index in [0.29, 0.717) is 28.1 Å². The van der Waals surface area contributed by atoms with Gasteiger partial charge in [0.05, 0.1) is 10.6 Å². The standard InChI is InChI=1S/C32H41ClN6O/c1-24-32(12-17-39(24)29-7-4-26(23-34)30(33)22-29)10-15-36(16-11-32)27-5-2-25(3-6-27)31(40)38-20-18-37(19-21-38)28-8-13-35-14-9-28/h2-7,22,24,28,35H,8-21H2,1H3. The highest BCUT2D eigenvalue weighted by molar-refractivity contribution is 6.32. The number of nitrogens with one attached hydrogen (secondary N) is 1. The number of nitrogens with zero attached hydrogens (tertiary/aromatic N) is 5. The Labute approximate surface area is 243 Å². The van der Waals surface area contributed by atoms with Crippen LogP contribution in [0, 0.1) is 16.7 Å². The number of anilines is 2. The maximum absolute atomic E-state index is 13.2. The molecule has 2 aromatic carbocycles. The summed E-state index contributed by atoms with van der Waals surface area (Å²) in [5.74, 6) is 0.164. The number of carbonyl (C=O) groups excluding carboxylic acids is 1. The predicted octanol–water partition coefficient (Wildman–Crippen LogP) is 4.61. The van der Waals surface area contributed by atoms with Crippen LogP contribution >= 0.6 is 11.6 Å². The second-order valence-corrected chi connectivity index (χ2v) is 12.5. The highest BCUT2D eigenvalue weighted by Crippen LogP contribution is 2.47. The van der Waals surface area contributed by atoms with Crippen molar-refractivity contribution in [2.75, 3.05) is 68.7 Å². The monoisotopic (exact) mass is 560 g/mol. The molecule has 8 heteroatoms. The fourth-order valence-electron chi connectivity index (χ4n) is 7.54. The third-order valence-electron chi connectivity index (χ3n) is 10.3. The van der Waals surface area contributed by atoms with Gasteiger partial charge in [0.2, 0.25) is 0 Å². The molecule has 1 spiro atoms. The molecular formula is C32H41ClN6O. The Morgan fingerprint density at radius 1 is 0.925 bits per heavy atom. The molecule has 1 atom stereocenters. The van der Waals surface area contributed by atoms with Gasteiger partial charge in [-0.2, -0.15) is 5.26 Å². The fraction of sp³-hybridized carbons (Fsp3) is 0.562. The van der Waals surface area contributed by atoms with Gasteiger partial charge in [-0.15, -0.1) is 0 Å². The van der Waals surface area contributed by atoms with Gasteiger partial charge in [-0.1, -0.05) is 11.6 Å². The summed E-state index contributed by atoms with van der Waals surface area (Å²) in [7, 11) is 0. The van der Waals surface area contributed by atoms with Crippen molar-refractivity contribution in [3.05, 3.63) is 58.6 Å². The number of carbonyl (C=O) groups is 1. The Morgan fingerprint density at radius 3 is 2.23 bits per heavy atom. The molecule has 4 saturated heterocycles. The Hall–Kier alpha value is -2.79. The van der Waals surface area contributed by atoms with Crippen LogP contribution in [0.4, 0.5) is 11.4 Å². The number of amides is 1. The summed E-state index contributed by atoms with van der Waals surface area (Å²) in [6.45, 7) is 11.3. The molecular weight excluding hydrogens is 520 g/mol. The van der Waals surface area contributed by atoms with E-state index in [1.165, 1.54) is 24.9 Å². The van der Waals surface area contributed by atoms with Crippen molar-refractivity contribution in [1.82, 2.24) is 15.1 Å². The van der Waals surface area contributed by atoms with Gasteiger partial charge in [0, 0.05) is 74.8 Å². The first kappa shape index (κ1) is 27.4. The van der Waals surface area contributed by atoms with Gasteiger partial charge in [-0.3, -0.25) is 9.69 Å². The van der Waals surface area contributed by atoms with Crippen LogP contribution in [-0.2, 0) is 0 Å². The minimum absolute atomic E-state index is 0.164. The number of benzene rings is 2. The first-order valence-electron chi connectivity index (χ1n) is 15.0. The lowest BCUT2D eigenvalue weighted by molar-refractivity contribution is 0.0532. The topological polar surface area (TPSA) is 65.9 Å². The average Bonchev–Trinajstić information content (AvgIpc) is 3.32. The lowest BCUT2D eigenvalue weighted by atomic mass is 9.73. The molecule has 4 aliphatic rings. The summed E-state index contributed by atoms with van der Waals surface area (Å²) in [5, 5.41) is 13.2. The first-order chi connectivity index (χ1) is 19.5. The first-order valence-corrected chi connectivity index (χ1v) is 15.4. The Kier molecular flexibility index (Phi) is 7.94. The molecule has 4 heterocycles. The van der Waals surface area contributed by atoms with Crippen LogP contribution in [-0.4, -0.2) is 86.7 Å². The van der Waals surface area contributed by atoms with E-state index in [-0.39, 0.29) is 5.91 Å². The molecule has 0 aromatic heterocycles. The molecule has 0 aliphatic carbocycles. The molecule has 2 aromatic rings. The SMILES string of the molecule is CC1N(c2ccc(C#N)c(Cl)c2)CCC12CCN(c1ccc(C(=O)N3CCN(C4CCNCC4)CC3)cc1)CC2. The van der Waals surface area contributed by atoms with E-state index < -0.39 is 0 Å². The fourth-order valence-corrected chi connectivity index (χ4v) is 7.76. The number of nitriles is 1. The minimum Gasteiger partial charge on any atom is -0.371 e. The molecule has 0 bridgehead atoms. The highest BCUT2D eigenvalue weighted by Gasteiger charge is 2.46. The van der Waals surface area contributed by atoms with Gasteiger partial charge in [-0.25, -0.2) is 0 Å². The Balaban J connectivity index is 1.02. The Morgan fingerprint density at radius 2 is 1.57 bits per heavy atom. The van der Waals surface area contributed by atoms with Crippen molar-refractivity contribution < 1.29 is 4.79 Å². The molecule has 1 N–H and O–H groups in total. The maximum atomic E-state index is 13.2. The number of hydrogen-bond donors (Lipinski definition) is 1. The van der Waals surface area contributed by atoms with Gasteiger partial charge in [-0.05, 0) is 100.0 Å². The van der Waals surface area contributed by atoms with Gasteiger partial charge in [0.15, 0.2) is 0 Å². The number of rotatable bonds is 4. The van der Waals surface area contributed by atoms with Crippen LogP contribution < -0.4 is 15.1 Å². The van der Waals surface area contributed by atoms with E-state index in [0.717, 1.165) is 83.0 Å². The summed E-state index contributed by atoms with van der Waals surface area (Å²) in [6, 6.07) is 17.4. The van der Waals surface area contributed by atoms with Crippen molar-refractivity contribution in [1.29, 1.82) is 5.26 Å².